The summed E-state index contributed by atoms with van der Waals surface area (Å²) in [4.78, 5) is 22.8. The number of hydrogen-bond donors (Lipinski definition) is 1. The quantitative estimate of drug-likeness (QED) is 0.884. The summed E-state index contributed by atoms with van der Waals surface area (Å²) >= 11 is 0. The van der Waals surface area contributed by atoms with Crippen LogP contribution in [0.5, 0.6) is 0 Å². The number of nitrogens with one attached hydrogen (secondary N) is 1. The third-order valence-corrected chi connectivity index (χ3v) is 4.14. The van der Waals surface area contributed by atoms with Crippen molar-refractivity contribution in [2.75, 3.05) is 18.0 Å². The highest BCUT2D eigenvalue weighted by Crippen LogP contribution is 2.17. The van der Waals surface area contributed by atoms with Crippen molar-refractivity contribution in [2.24, 2.45) is 0 Å². The molecule has 0 radical (unpaired) electrons. The van der Waals surface area contributed by atoms with Crippen molar-refractivity contribution in [1.82, 2.24) is 19.9 Å². The van der Waals surface area contributed by atoms with Gasteiger partial charge in [-0.15, -0.1) is 0 Å². The highest BCUT2D eigenvalue weighted by atomic mass is 16.1. The average molecular weight is 313 g/mol. The van der Waals surface area contributed by atoms with E-state index in [1.54, 1.807) is 12.5 Å². The third-order valence-electron chi connectivity index (χ3n) is 4.14. The summed E-state index contributed by atoms with van der Waals surface area (Å²) in [5, 5.41) is 3.17. The van der Waals surface area contributed by atoms with Crippen LogP contribution in [0.15, 0.2) is 43.1 Å². The standard InChI is InChI=1S/C17H23N5O/c23-17(7-4-10-21-12-9-18-14-21)20-15-5-3-11-22(13-15)16-6-1-2-8-19-16/h1-2,6,8-9,12,14-15H,3-5,7,10-11,13H2,(H,20,23)/t15-/m1/s1. The normalized spacial score (nSPS) is 17.9. The maximum absolute atomic E-state index is 12.1. The molecule has 2 aromatic heterocycles. The summed E-state index contributed by atoms with van der Waals surface area (Å²) in [7, 11) is 0. The van der Waals surface area contributed by atoms with E-state index >= 15 is 0 Å². The molecule has 3 heterocycles. The molecule has 1 saturated heterocycles. The molecule has 0 aliphatic carbocycles. The number of piperidine rings is 1. The van der Waals surface area contributed by atoms with Gasteiger partial charge in [0.15, 0.2) is 0 Å². The van der Waals surface area contributed by atoms with Gasteiger partial charge >= 0.3 is 0 Å². The second kappa shape index (κ2) is 7.76. The Morgan fingerprint density at radius 2 is 2.30 bits per heavy atom. The summed E-state index contributed by atoms with van der Waals surface area (Å²) in [6.07, 6.45) is 10.8. The van der Waals surface area contributed by atoms with E-state index in [-0.39, 0.29) is 11.9 Å². The van der Waals surface area contributed by atoms with E-state index < -0.39 is 0 Å². The number of pyridine rings is 1. The van der Waals surface area contributed by atoms with E-state index in [4.69, 9.17) is 0 Å². The first-order chi connectivity index (χ1) is 11.3. The van der Waals surface area contributed by atoms with Crippen LogP contribution >= 0.6 is 0 Å². The van der Waals surface area contributed by atoms with Crippen LogP contribution in [0.2, 0.25) is 0 Å². The minimum absolute atomic E-state index is 0.137. The number of anilines is 1. The Morgan fingerprint density at radius 1 is 1.35 bits per heavy atom. The van der Waals surface area contributed by atoms with Gasteiger partial charge < -0.3 is 14.8 Å². The molecule has 1 N–H and O–H groups in total. The van der Waals surface area contributed by atoms with Gasteiger partial charge in [-0.25, -0.2) is 9.97 Å². The zero-order chi connectivity index (χ0) is 15.9. The van der Waals surface area contributed by atoms with Crippen molar-refractivity contribution < 1.29 is 4.79 Å². The molecule has 6 heteroatoms. The average Bonchev–Trinajstić information content (AvgIpc) is 3.09. The number of amides is 1. The molecule has 0 saturated carbocycles. The Kier molecular flexibility index (Phi) is 5.24. The first kappa shape index (κ1) is 15.5. The Hall–Kier alpha value is -2.37. The van der Waals surface area contributed by atoms with Crippen molar-refractivity contribution in [2.45, 2.75) is 38.3 Å². The van der Waals surface area contributed by atoms with Gasteiger partial charge in [-0.05, 0) is 31.4 Å². The van der Waals surface area contributed by atoms with Crippen molar-refractivity contribution in [3.63, 3.8) is 0 Å². The number of carbonyl (C=O) groups excluding carboxylic acids is 1. The van der Waals surface area contributed by atoms with Gasteiger partial charge in [-0.1, -0.05) is 6.07 Å². The molecule has 0 unspecified atom stereocenters. The molecule has 23 heavy (non-hydrogen) atoms. The predicted molar refractivity (Wildman–Crippen MR) is 89.1 cm³/mol. The Bertz CT molecular complexity index is 599. The van der Waals surface area contributed by atoms with Gasteiger partial charge in [0, 0.05) is 50.7 Å². The highest BCUT2D eigenvalue weighted by Gasteiger charge is 2.21. The van der Waals surface area contributed by atoms with Crippen LogP contribution in [0, 0.1) is 0 Å². The second-order valence-corrected chi connectivity index (χ2v) is 5.94. The fraction of sp³-hybridized carbons (Fsp3) is 0.471. The number of rotatable bonds is 6. The molecule has 1 atom stereocenters. The molecular weight excluding hydrogens is 290 g/mol. The molecule has 1 aliphatic rings. The van der Waals surface area contributed by atoms with Crippen LogP contribution in [-0.4, -0.2) is 39.6 Å². The lowest BCUT2D eigenvalue weighted by Crippen LogP contribution is -2.48. The zero-order valence-electron chi connectivity index (χ0n) is 13.3. The number of aromatic nitrogens is 3. The van der Waals surface area contributed by atoms with Crippen LogP contribution < -0.4 is 10.2 Å². The lowest BCUT2D eigenvalue weighted by atomic mass is 10.1. The van der Waals surface area contributed by atoms with E-state index in [0.717, 1.165) is 44.7 Å². The monoisotopic (exact) mass is 313 g/mol. The van der Waals surface area contributed by atoms with Crippen LogP contribution in [0.4, 0.5) is 5.82 Å². The predicted octanol–water partition coefficient (Wildman–Crippen LogP) is 1.84. The van der Waals surface area contributed by atoms with Crippen molar-refractivity contribution >= 4 is 11.7 Å². The fourth-order valence-electron chi connectivity index (χ4n) is 2.98. The van der Waals surface area contributed by atoms with Gasteiger partial charge in [0.1, 0.15) is 5.82 Å². The number of carbonyl (C=O) groups is 1. The molecule has 1 fully saturated rings. The Balaban J connectivity index is 1.43. The molecule has 122 valence electrons. The van der Waals surface area contributed by atoms with Crippen LogP contribution in [-0.2, 0) is 11.3 Å². The first-order valence-corrected chi connectivity index (χ1v) is 8.22. The van der Waals surface area contributed by atoms with Crippen molar-refractivity contribution in [3.8, 4) is 0 Å². The topological polar surface area (TPSA) is 63.1 Å². The van der Waals surface area contributed by atoms with Crippen LogP contribution in [0.25, 0.3) is 0 Å². The van der Waals surface area contributed by atoms with Gasteiger partial charge in [-0.2, -0.15) is 0 Å². The summed E-state index contributed by atoms with van der Waals surface area (Å²) in [5.41, 5.74) is 0. The molecule has 0 spiro atoms. The van der Waals surface area contributed by atoms with Crippen LogP contribution in [0.3, 0.4) is 0 Å². The van der Waals surface area contributed by atoms with E-state index in [9.17, 15) is 4.79 Å². The molecule has 2 aromatic rings. The molecular formula is C17H23N5O. The summed E-state index contributed by atoms with van der Waals surface area (Å²) in [6, 6.07) is 6.16. The van der Waals surface area contributed by atoms with Gasteiger partial charge in [0.25, 0.3) is 0 Å². The first-order valence-electron chi connectivity index (χ1n) is 8.22. The number of hydrogen-bond acceptors (Lipinski definition) is 4. The van der Waals surface area contributed by atoms with E-state index in [2.05, 4.69) is 20.2 Å². The minimum Gasteiger partial charge on any atom is -0.355 e. The Labute approximate surface area is 136 Å². The number of imidazole rings is 1. The third kappa shape index (κ3) is 4.55. The zero-order valence-corrected chi connectivity index (χ0v) is 13.3. The fourth-order valence-corrected chi connectivity index (χ4v) is 2.98. The molecule has 1 aliphatic heterocycles. The van der Waals surface area contributed by atoms with Crippen LogP contribution in [0.1, 0.15) is 25.7 Å². The lowest BCUT2D eigenvalue weighted by molar-refractivity contribution is -0.122. The summed E-state index contributed by atoms with van der Waals surface area (Å²) in [6.45, 7) is 2.67. The number of nitrogens with zero attached hydrogens (tertiary/aromatic N) is 4. The Morgan fingerprint density at radius 3 is 3.09 bits per heavy atom. The molecule has 3 rings (SSSR count). The van der Waals surface area contributed by atoms with Crippen molar-refractivity contribution in [3.05, 3.63) is 43.1 Å². The van der Waals surface area contributed by atoms with Gasteiger partial charge in [-0.3, -0.25) is 4.79 Å². The molecule has 0 aromatic carbocycles. The highest BCUT2D eigenvalue weighted by molar-refractivity contribution is 5.76. The smallest absolute Gasteiger partial charge is 0.220 e. The van der Waals surface area contributed by atoms with Gasteiger partial charge in [0.2, 0.25) is 5.91 Å². The molecule has 6 nitrogen and oxygen atoms in total. The van der Waals surface area contributed by atoms with E-state index in [0.29, 0.717) is 6.42 Å². The minimum atomic E-state index is 0.137. The summed E-state index contributed by atoms with van der Waals surface area (Å²) < 4.78 is 2.00. The lowest BCUT2D eigenvalue weighted by Gasteiger charge is -2.34. The maximum atomic E-state index is 12.1. The van der Waals surface area contributed by atoms with E-state index in [1.165, 1.54) is 0 Å². The SMILES string of the molecule is O=C(CCCn1ccnc1)N[C@@H]1CCCN(c2ccccn2)C1. The molecule has 1 amide bonds. The van der Waals surface area contributed by atoms with E-state index in [1.807, 2.05) is 35.2 Å². The second-order valence-electron chi connectivity index (χ2n) is 5.94. The van der Waals surface area contributed by atoms with Gasteiger partial charge in [0.05, 0.1) is 6.33 Å². The number of aryl methyl sites for hydroxylation is 1. The maximum Gasteiger partial charge on any atom is 0.220 e. The molecule has 0 bridgehead atoms. The largest absolute Gasteiger partial charge is 0.355 e. The summed E-state index contributed by atoms with van der Waals surface area (Å²) in [5.74, 6) is 1.13. The van der Waals surface area contributed by atoms with Crippen molar-refractivity contribution in [1.29, 1.82) is 0 Å².